The predicted octanol–water partition coefficient (Wildman–Crippen LogP) is 3.27. The third-order valence-electron chi connectivity index (χ3n) is 4.56. The molecule has 0 aliphatic carbocycles. The Labute approximate surface area is 157 Å². The fourth-order valence-corrected chi connectivity index (χ4v) is 3.24. The van der Waals surface area contributed by atoms with Crippen molar-refractivity contribution in [3.63, 3.8) is 0 Å². The number of ether oxygens (including phenoxy) is 3. The van der Waals surface area contributed by atoms with E-state index in [2.05, 4.69) is 10.4 Å². The Morgan fingerprint density at radius 3 is 2.29 bits per heavy atom. The molecule has 1 aliphatic heterocycles. The Morgan fingerprint density at radius 2 is 1.82 bits per heavy atom. The van der Waals surface area contributed by atoms with E-state index < -0.39 is 30.7 Å². The maximum absolute atomic E-state index is 13.6. The molecular weight excluding hydrogens is 383 g/mol. The van der Waals surface area contributed by atoms with Crippen molar-refractivity contribution in [2.24, 2.45) is 0 Å². The Morgan fingerprint density at radius 1 is 1.21 bits per heavy atom. The largest absolute Gasteiger partial charge is 0.493 e. The van der Waals surface area contributed by atoms with Crippen LogP contribution < -0.4 is 19.5 Å². The summed E-state index contributed by atoms with van der Waals surface area (Å²) in [4.78, 5) is 11.4. The summed E-state index contributed by atoms with van der Waals surface area (Å²) in [5.41, 5.74) is 0.0823. The zero-order valence-corrected chi connectivity index (χ0v) is 15.2. The van der Waals surface area contributed by atoms with Crippen molar-refractivity contribution in [1.82, 2.24) is 9.78 Å². The van der Waals surface area contributed by atoms with Crippen LogP contribution in [-0.2, 0) is 0 Å². The number of aromatic carboxylic acids is 1. The minimum Gasteiger partial charge on any atom is -0.493 e. The number of nitrogens with zero attached hydrogens (tertiary/aromatic N) is 2. The number of fused-ring (bicyclic) bond motifs is 1. The lowest BCUT2D eigenvalue weighted by Gasteiger charge is -2.34. The SMILES string of the molecule is COc1cc([C@@H]2C[C@@H](C(F)(F)F)n3ncc(C(=O)O)c3N2)cc(OC)c1OC. The number of alkyl halides is 3. The van der Waals surface area contributed by atoms with Gasteiger partial charge in [-0.3, -0.25) is 0 Å². The number of rotatable bonds is 5. The average molecular weight is 401 g/mol. The molecule has 1 aliphatic rings. The Balaban J connectivity index is 2.11. The molecule has 0 amide bonds. The zero-order valence-electron chi connectivity index (χ0n) is 15.2. The predicted molar refractivity (Wildman–Crippen MR) is 91.4 cm³/mol. The number of carboxylic acids is 1. The van der Waals surface area contributed by atoms with E-state index in [1.807, 2.05) is 0 Å². The molecule has 11 heteroatoms. The highest BCUT2D eigenvalue weighted by atomic mass is 19.4. The minimum atomic E-state index is -4.61. The second-order valence-electron chi connectivity index (χ2n) is 6.11. The van der Waals surface area contributed by atoms with Gasteiger partial charge in [-0.2, -0.15) is 18.3 Å². The van der Waals surface area contributed by atoms with Gasteiger partial charge in [0.2, 0.25) is 5.75 Å². The van der Waals surface area contributed by atoms with Gasteiger partial charge in [-0.1, -0.05) is 0 Å². The molecule has 8 nitrogen and oxygen atoms in total. The molecule has 3 rings (SSSR count). The van der Waals surface area contributed by atoms with Gasteiger partial charge < -0.3 is 24.6 Å². The standard InChI is InChI=1S/C17H18F3N3O5/c1-26-11-4-8(5-12(27-2)14(11)28-3)10-6-13(17(18,19)20)23-15(22-10)9(7-21-23)16(24)25/h4-5,7,10,13,22H,6H2,1-3H3,(H,24,25)/t10-,13-/m0/s1. The van der Waals surface area contributed by atoms with Gasteiger partial charge in [-0.25, -0.2) is 9.48 Å². The van der Waals surface area contributed by atoms with E-state index in [0.29, 0.717) is 16.0 Å². The van der Waals surface area contributed by atoms with Crippen molar-refractivity contribution in [1.29, 1.82) is 0 Å². The number of hydrogen-bond acceptors (Lipinski definition) is 6. The number of carboxylic acid groups (broad SMARTS) is 1. The average Bonchev–Trinajstić information content (AvgIpc) is 3.09. The van der Waals surface area contributed by atoms with Crippen LogP contribution in [0.3, 0.4) is 0 Å². The molecule has 0 spiro atoms. The zero-order chi connectivity index (χ0) is 20.6. The first kappa shape index (κ1) is 19.6. The maximum Gasteiger partial charge on any atom is 0.410 e. The first-order valence-corrected chi connectivity index (χ1v) is 8.15. The van der Waals surface area contributed by atoms with Crippen LogP contribution in [0, 0.1) is 0 Å². The maximum atomic E-state index is 13.6. The molecule has 2 aromatic rings. The Bertz CT molecular complexity index is 872. The first-order chi connectivity index (χ1) is 13.2. The summed E-state index contributed by atoms with van der Waals surface area (Å²) in [7, 11) is 4.20. The van der Waals surface area contributed by atoms with Gasteiger partial charge in [0.25, 0.3) is 0 Å². The number of methoxy groups -OCH3 is 3. The van der Waals surface area contributed by atoms with Crippen LogP contribution in [0.25, 0.3) is 0 Å². The second kappa shape index (κ2) is 7.13. The monoisotopic (exact) mass is 401 g/mol. The van der Waals surface area contributed by atoms with E-state index in [1.54, 1.807) is 0 Å². The molecule has 0 unspecified atom stereocenters. The van der Waals surface area contributed by atoms with E-state index >= 15 is 0 Å². The molecule has 2 heterocycles. The molecule has 0 radical (unpaired) electrons. The lowest BCUT2D eigenvalue weighted by atomic mass is 9.96. The number of anilines is 1. The number of aromatic nitrogens is 2. The van der Waals surface area contributed by atoms with Crippen molar-refractivity contribution < 1.29 is 37.3 Å². The third kappa shape index (κ3) is 3.27. The quantitative estimate of drug-likeness (QED) is 0.794. The van der Waals surface area contributed by atoms with Gasteiger partial charge in [0.15, 0.2) is 17.5 Å². The Hall–Kier alpha value is -3.11. The van der Waals surface area contributed by atoms with Crippen LogP contribution in [0.1, 0.15) is 34.4 Å². The molecule has 28 heavy (non-hydrogen) atoms. The van der Waals surface area contributed by atoms with Gasteiger partial charge in [-0.15, -0.1) is 0 Å². The van der Waals surface area contributed by atoms with Gasteiger partial charge in [0, 0.05) is 6.42 Å². The fourth-order valence-electron chi connectivity index (χ4n) is 3.24. The number of hydrogen-bond donors (Lipinski definition) is 2. The molecule has 1 aromatic heterocycles. The third-order valence-corrected chi connectivity index (χ3v) is 4.56. The molecule has 2 atom stereocenters. The highest BCUT2D eigenvalue weighted by molar-refractivity contribution is 5.93. The summed E-state index contributed by atoms with van der Waals surface area (Å²) < 4.78 is 57.3. The van der Waals surface area contributed by atoms with Crippen molar-refractivity contribution in [3.8, 4) is 17.2 Å². The van der Waals surface area contributed by atoms with Crippen LogP contribution >= 0.6 is 0 Å². The summed E-state index contributed by atoms with van der Waals surface area (Å²) in [6.07, 6.45) is -4.10. The van der Waals surface area contributed by atoms with Gasteiger partial charge in [0.1, 0.15) is 11.4 Å². The molecule has 0 saturated heterocycles. The molecular formula is C17H18F3N3O5. The van der Waals surface area contributed by atoms with E-state index in [4.69, 9.17) is 14.2 Å². The normalized spacial score (nSPS) is 18.8. The van der Waals surface area contributed by atoms with Gasteiger partial charge >= 0.3 is 12.1 Å². The van der Waals surface area contributed by atoms with E-state index in [9.17, 15) is 23.1 Å². The molecule has 0 fully saturated rings. The van der Waals surface area contributed by atoms with Crippen LogP contribution in [0.15, 0.2) is 18.3 Å². The summed E-state index contributed by atoms with van der Waals surface area (Å²) >= 11 is 0. The molecule has 0 saturated carbocycles. The topological polar surface area (TPSA) is 94.8 Å². The van der Waals surface area contributed by atoms with Crippen molar-refractivity contribution in [2.75, 3.05) is 26.6 Å². The fraction of sp³-hybridized carbons (Fsp3) is 0.412. The number of carbonyl (C=O) groups is 1. The smallest absolute Gasteiger partial charge is 0.410 e. The van der Waals surface area contributed by atoms with Gasteiger partial charge in [0.05, 0.1) is 33.6 Å². The Kier molecular flexibility index (Phi) is 5.01. The molecule has 2 N–H and O–H groups in total. The van der Waals surface area contributed by atoms with Crippen LogP contribution in [0.4, 0.5) is 19.0 Å². The highest BCUT2D eigenvalue weighted by Gasteiger charge is 2.47. The van der Waals surface area contributed by atoms with Crippen LogP contribution in [0.2, 0.25) is 0 Å². The van der Waals surface area contributed by atoms with Crippen molar-refractivity contribution in [2.45, 2.75) is 24.7 Å². The summed E-state index contributed by atoms with van der Waals surface area (Å²) in [6.45, 7) is 0. The lowest BCUT2D eigenvalue weighted by molar-refractivity contribution is -0.173. The first-order valence-electron chi connectivity index (χ1n) is 8.15. The summed E-state index contributed by atoms with van der Waals surface area (Å²) in [5, 5.41) is 15.8. The minimum absolute atomic E-state index is 0.208. The summed E-state index contributed by atoms with van der Waals surface area (Å²) in [6, 6.07) is 0.210. The van der Waals surface area contributed by atoms with Crippen molar-refractivity contribution in [3.05, 3.63) is 29.5 Å². The molecule has 1 aromatic carbocycles. The number of halogens is 3. The van der Waals surface area contributed by atoms with Crippen molar-refractivity contribution >= 4 is 11.8 Å². The molecule has 152 valence electrons. The number of nitrogens with one attached hydrogen (secondary N) is 1. The van der Waals surface area contributed by atoms with Crippen LogP contribution in [0.5, 0.6) is 17.2 Å². The highest BCUT2D eigenvalue weighted by Crippen LogP contribution is 2.47. The second-order valence-corrected chi connectivity index (χ2v) is 6.11. The van der Waals surface area contributed by atoms with Crippen LogP contribution in [-0.4, -0.2) is 48.4 Å². The van der Waals surface area contributed by atoms with E-state index in [0.717, 1.165) is 6.20 Å². The van der Waals surface area contributed by atoms with Gasteiger partial charge in [-0.05, 0) is 17.7 Å². The van der Waals surface area contributed by atoms with E-state index in [1.165, 1.54) is 33.5 Å². The molecule has 0 bridgehead atoms. The lowest BCUT2D eigenvalue weighted by Crippen LogP contribution is -2.36. The van der Waals surface area contributed by atoms with E-state index in [-0.39, 0.29) is 22.9 Å². The summed E-state index contributed by atoms with van der Waals surface area (Å²) in [5.74, 6) is -0.729. The number of benzene rings is 1.